The van der Waals surface area contributed by atoms with Crippen LogP contribution < -0.4 is 5.32 Å². The van der Waals surface area contributed by atoms with E-state index in [9.17, 15) is 14.4 Å². The summed E-state index contributed by atoms with van der Waals surface area (Å²) in [6, 6.07) is 5.24. The smallest absolute Gasteiger partial charge is 0.253 e. The predicted octanol–water partition coefficient (Wildman–Crippen LogP) is 0.643. The summed E-state index contributed by atoms with van der Waals surface area (Å²) < 4.78 is 5.79. The van der Waals surface area contributed by atoms with Crippen LogP contribution in [0.4, 0.5) is 5.69 Å². The van der Waals surface area contributed by atoms with Crippen LogP contribution in [-0.2, 0) is 20.7 Å². The Morgan fingerprint density at radius 2 is 2.12 bits per heavy atom. The van der Waals surface area contributed by atoms with Gasteiger partial charge in [-0.3, -0.25) is 14.4 Å². The highest BCUT2D eigenvalue weighted by molar-refractivity contribution is 6.01. The van der Waals surface area contributed by atoms with Gasteiger partial charge < -0.3 is 19.9 Å². The number of nitrogens with zero attached hydrogens (tertiary/aromatic N) is 2. The van der Waals surface area contributed by atoms with Crippen molar-refractivity contribution < 1.29 is 19.1 Å². The number of fused-ring (bicyclic) bond motifs is 2. The second kappa shape index (κ2) is 6.15. The number of morpholine rings is 1. The lowest BCUT2D eigenvalue weighted by atomic mass is 9.97. The maximum Gasteiger partial charge on any atom is 0.253 e. The zero-order valence-corrected chi connectivity index (χ0v) is 14.2. The highest BCUT2D eigenvalue weighted by Gasteiger charge is 2.39. The van der Waals surface area contributed by atoms with Gasteiger partial charge in [0.2, 0.25) is 11.8 Å². The van der Waals surface area contributed by atoms with E-state index < -0.39 is 0 Å². The topological polar surface area (TPSA) is 79.0 Å². The molecule has 0 aliphatic carbocycles. The molecular weight excluding hydrogens is 322 g/mol. The second-order valence-electron chi connectivity index (χ2n) is 6.83. The maximum atomic E-state index is 12.9. The molecule has 2 fully saturated rings. The molecule has 7 nitrogen and oxygen atoms in total. The van der Waals surface area contributed by atoms with E-state index in [1.165, 1.54) is 0 Å². The van der Waals surface area contributed by atoms with E-state index >= 15 is 0 Å². The summed E-state index contributed by atoms with van der Waals surface area (Å²) in [4.78, 5) is 39.9. The highest BCUT2D eigenvalue weighted by atomic mass is 16.5. The van der Waals surface area contributed by atoms with Gasteiger partial charge in [0, 0.05) is 37.8 Å². The lowest BCUT2D eigenvalue weighted by Gasteiger charge is -2.46. The summed E-state index contributed by atoms with van der Waals surface area (Å²) in [6.45, 7) is 3.79. The quantitative estimate of drug-likeness (QED) is 0.812. The van der Waals surface area contributed by atoms with Gasteiger partial charge in [-0.2, -0.15) is 0 Å². The van der Waals surface area contributed by atoms with E-state index in [0.717, 1.165) is 17.7 Å². The number of rotatable bonds is 1. The van der Waals surface area contributed by atoms with E-state index in [1.807, 2.05) is 4.90 Å². The molecule has 0 saturated carbocycles. The molecular formula is C18H21N3O4. The first-order valence-corrected chi connectivity index (χ1v) is 8.64. The van der Waals surface area contributed by atoms with Crippen molar-refractivity contribution in [2.75, 3.05) is 31.6 Å². The molecule has 2 atom stereocenters. The van der Waals surface area contributed by atoms with Gasteiger partial charge in [-0.25, -0.2) is 0 Å². The number of benzene rings is 1. The van der Waals surface area contributed by atoms with E-state index in [0.29, 0.717) is 38.2 Å². The van der Waals surface area contributed by atoms with Crippen LogP contribution in [0.5, 0.6) is 0 Å². The van der Waals surface area contributed by atoms with Crippen molar-refractivity contribution in [1.29, 1.82) is 0 Å². The Kier molecular flexibility index (Phi) is 3.95. The van der Waals surface area contributed by atoms with Gasteiger partial charge in [-0.05, 0) is 30.2 Å². The Balaban J connectivity index is 1.52. The normalized spacial score (nSPS) is 25.2. The molecule has 25 heavy (non-hydrogen) atoms. The molecule has 4 rings (SSSR count). The number of nitrogens with one attached hydrogen (secondary N) is 1. The maximum absolute atomic E-state index is 12.9. The molecule has 1 aromatic carbocycles. The molecule has 0 bridgehead atoms. The first-order chi connectivity index (χ1) is 12.0. The third kappa shape index (κ3) is 2.89. The largest absolute Gasteiger partial charge is 0.374 e. The van der Waals surface area contributed by atoms with Crippen LogP contribution in [-0.4, -0.2) is 65.9 Å². The SMILES string of the molecule is CC(=O)N1CCO[C@@H]2CCN(C(=O)c3ccc4c(c3)CC(=O)N4)C[C@@H]21. The molecule has 1 N–H and O–H groups in total. The molecule has 0 aromatic heterocycles. The van der Waals surface area contributed by atoms with E-state index in [1.54, 1.807) is 30.0 Å². The molecule has 3 amide bonds. The van der Waals surface area contributed by atoms with E-state index in [4.69, 9.17) is 4.74 Å². The Hall–Kier alpha value is -2.41. The van der Waals surface area contributed by atoms with Crippen molar-refractivity contribution in [3.05, 3.63) is 29.3 Å². The fourth-order valence-corrected chi connectivity index (χ4v) is 3.99. The van der Waals surface area contributed by atoms with Gasteiger partial charge in [0.15, 0.2) is 0 Å². The van der Waals surface area contributed by atoms with Gasteiger partial charge in [-0.1, -0.05) is 0 Å². The molecule has 0 radical (unpaired) electrons. The fraction of sp³-hybridized carbons (Fsp3) is 0.500. The van der Waals surface area contributed by atoms with Gasteiger partial charge in [0.05, 0.1) is 25.2 Å². The van der Waals surface area contributed by atoms with Crippen molar-refractivity contribution in [3.8, 4) is 0 Å². The number of anilines is 1. The summed E-state index contributed by atoms with van der Waals surface area (Å²) in [7, 11) is 0. The number of carbonyl (C=O) groups is 3. The lowest BCUT2D eigenvalue weighted by molar-refractivity contribution is -0.149. The molecule has 3 aliphatic heterocycles. The number of hydrogen-bond acceptors (Lipinski definition) is 4. The fourth-order valence-electron chi connectivity index (χ4n) is 3.99. The van der Waals surface area contributed by atoms with Crippen LogP contribution in [0.1, 0.15) is 29.3 Å². The van der Waals surface area contributed by atoms with Gasteiger partial charge in [0.25, 0.3) is 5.91 Å². The number of amides is 3. The number of likely N-dealkylation sites (tertiary alicyclic amines) is 1. The Morgan fingerprint density at radius 3 is 2.92 bits per heavy atom. The highest BCUT2D eigenvalue weighted by Crippen LogP contribution is 2.27. The summed E-state index contributed by atoms with van der Waals surface area (Å²) in [5, 5.41) is 2.77. The summed E-state index contributed by atoms with van der Waals surface area (Å²) in [5.74, 6) is -0.0822. The van der Waals surface area contributed by atoms with Crippen LogP contribution in [0.25, 0.3) is 0 Å². The van der Waals surface area contributed by atoms with Crippen molar-refractivity contribution in [2.24, 2.45) is 0 Å². The van der Waals surface area contributed by atoms with Crippen LogP contribution in [0.2, 0.25) is 0 Å². The zero-order chi connectivity index (χ0) is 17.6. The van der Waals surface area contributed by atoms with Gasteiger partial charge in [0.1, 0.15) is 0 Å². The molecule has 0 unspecified atom stereocenters. The lowest BCUT2D eigenvalue weighted by Crippen LogP contribution is -2.61. The Labute approximate surface area is 145 Å². The molecule has 3 heterocycles. The van der Waals surface area contributed by atoms with E-state index in [-0.39, 0.29) is 29.9 Å². The average Bonchev–Trinajstić information content (AvgIpc) is 2.99. The molecule has 2 saturated heterocycles. The zero-order valence-electron chi connectivity index (χ0n) is 14.2. The number of hydrogen-bond donors (Lipinski definition) is 1. The van der Waals surface area contributed by atoms with Crippen LogP contribution in [0.3, 0.4) is 0 Å². The Bertz CT molecular complexity index is 748. The summed E-state index contributed by atoms with van der Waals surface area (Å²) in [5.41, 5.74) is 2.22. The molecule has 3 aliphatic rings. The van der Waals surface area contributed by atoms with Crippen molar-refractivity contribution in [2.45, 2.75) is 31.9 Å². The minimum Gasteiger partial charge on any atom is -0.374 e. The minimum atomic E-state index is -0.0818. The van der Waals surface area contributed by atoms with Gasteiger partial charge >= 0.3 is 0 Å². The average molecular weight is 343 g/mol. The number of carbonyl (C=O) groups excluding carboxylic acids is 3. The van der Waals surface area contributed by atoms with Gasteiger partial charge in [-0.15, -0.1) is 0 Å². The van der Waals surface area contributed by atoms with E-state index in [2.05, 4.69) is 5.32 Å². The standard InChI is InChI=1S/C18H21N3O4/c1-11(22)21-6-7-25-16-4-5-20(10-15(16)21)18(24)12-2-3-14-13(8-12)9-17(23)19-14/h2-3,8,15-16H,4-7,9-10H2,1H3,(H,19,23)/t15-,16+/m0/s1. The minimum absolute atomic E-state index is 0.00328. The third-order valence-electron chi connectivity index (χ3n) is 5.25. The second-order valence-corrected chi connectivity index (χ2v) is 6.83. The van der Waals surface area contributed by atoms with Crippen molar-refractivity contribution in [3.63, 3.8) is 0 Å². The molecule has 7 heteroatoms. The third-order valence-corrected chi connectivity index (χ3v) is 5.25. The Morgan fingerprint density at radius 1 is 1.28 bits per heavy atom. The van der Waals surface area contributed by atoms with Crippen LogP contribution in [0.15, 0.2) is 18.2 Å². The molecule has 0 spiro atoms. The first kappa shape index (κ1) is 16.1. The van der Waals surface area contributed by atoms with Crippen molar-refractivity contribution >= 4 is 23.4 Å². The molecule has 1 aromatic rings. The van der Waals surface area contributed by atoms with Crippen LogP contribution >= 0.6 is 0 Å². The first-order valence-electron chi connectivity index (χ1n) is 8.64. The monoisotopic (exact) mass is 343 g/mol. The molecule has 132 valence electrons. The number of ether oxygens (including phenoxy) is 1. The summed E-state index contributed by atoms with van der Waals surface area (Å²) in [6.07, 6.45) is 1.04. The number of piperidine rings is 1. The summed E-state index contributed by atoms with van der Waals surface area (Å²) >= 11 is 0. The van der Waals surface area contributed by atoms with Crippen molar-refractivity contribution in [1.82, 2.24) is 9.80 Å². The van der Waals surface area contributed by atoms with Crippen LogP contribution in [0, 0.1) is 0 Å². The predicted molar refractivity (Wildman–Crippen MR) is 90.2 cm³/mol.